The number of hydrogen-bond donors (Lipinski definition) is 3. The number of likely N-dealkylation sites (tertiary alicyclic amines) is 1. The zero-order valence-electron chi connectivity index (χ0n) is 9.65. The van der Waals surface area contributed by atoms with Crippen molar-refractivity contribution in [1.82, 2.24) is 10.2 Å². The van der Waals surface area contributed by atoms with Gasteiger partial charge in [0.05, 0.1) is 12.7 Å². The SMILES string of the molecule is CC(CNCC(O)CO)CN1CCCC1. The van der Waals surface area contributed by atoms with Crippen LogP contribution in [0.2, 0.25) is 0 Å². The fourth-order valence-corrected chi connectivity index (χ4v) is 2.03. The highest BCUT2D eigenvalue weighted by molar-refractivity contribution is 4.70. The van der Waals surface area contributed by atoms with Crippen molar-refractivity contribution in [2.24, 2.45) is 5.92 Å². The first-order valence-corrected chi connectivity index (χ1v) is 5.94. The molecule has 0 aromatic heterocycles. The molecule has 90 valence electrons. The van der Waals surface area contributed by atoms with Crippen LogP contribution < -0.4 is 5.32 Å². The number of aliphatic hydroxyl groups is 2. The lowest BCUT2D eigenvalue weighted by Gasteiger charge is -2.20. The van der Waals surface area contributed by atoms with E-state index in [0.29, 0.717) is 12.5 Å². The van der Waals surface area contributed by atoms with E-state index in [9.17, 15) is 0 Å². The molecule has 0 spiro atoms. The zero-order valence-corrected chi connectivity index (χ0v) is 9.65. The van der Waals surface area contributed by atoms with Gasteiger partial charge in [-0.3, -0.25) is 0 Å². The Morgan fingerprint density at radius 2 is 1.93 bits per heavy atom. The summed E-state index contributed by atoms with van der Waals surface area (Å²) in [5, 5.41) is 20.9. The summed E-state index contributed by atoms with van der Waals surface area (Å²) < 4.78 is 0. The van der Waals surface area contributed by atoms with Crippen LogP contribution in [0.5, 0.6) is 0 Å². The normalized spacial score (nSPS) is 21.8. The van der Waals surface area contributed by atoms with E-state index in [4.69, 9.17) is 10.2 Å². The van der Waals surface area contributed by atoms with Crippen molar-refractivity contribution in [1.29, 1.82) is 0 Å². The van der Waals surface area contributed by atoms with Gasteiger partial charge < -0.3 is 20.4 Å². The lowest BCUT2D eigenvalue weighted by Crippen LogP contribution is -2.36. The molecule has 0 radical (unpaired) electrons. The third-order valence-electron chi connectivity index (χ3n) is 2.85. The van der Waals surface area contributed by atoms with Crippen molar-refractivity contribution in [2.45, 2.75) is 25.9 Å². The molecule has 3 N–H and O–H groups in total. The second-order valence-corrected chi connectivity index (χ2v) is 4.61. The summed E-state index contributed by atoms with van der Waals surface area (Å²) in [6, 6.07) is 0. The molecule has 4 heteroatoms. The van der Waals surface area contributed by atoms with Crippen LogP contribution in [0, 0.1) is 5.92 Å². The van der Waals surface area contributed by atoms with Gasteiger partial charge in [-0.1, -0.05) is 6.92 Å². The smallest absolute Gasteiger partial charge is 0.0894 e. The quantitative estimate of drug-likeness (QED) is 0.545. The average molecular weight is 216 g/mol. The molecule has 1 fully saturated rings. The predicted octanol–water partition coefficient (Wildman–Crippen LogP) is -0.339. The highest BCUT2D eigenvalue weighted by atomic mass is 16.3. The molecule has 1 aliphatic rings. The van der Waals surface area contributed by atoms with Crippen molar-refractivity contribution >= 4 is 0 Å². The summed E-state index contributed by atoms with van der Waals surface area (Å²) in [5.41, 5.74) is 0. The Morgan fingerprint density at radius 3 is 2.53 bits per heavy atom. The van der Waals surface area contributed by atoms with Gasteiger partial charge in [-0.05, 0) is 38.4 Å². The second kappa shape index (κ2) is 7.17. The van der Waals surface area contributed by atoms with Crippen molar-refractivity contribution in [3.63, 3.8) is 0 Å². The fourth-order valence-electron chi connectivity index (χ4n) is 2.03. The zero-order chi connectivity index (χ0) is 11.1. The van der Waals surface area contributed by atoms with Crippen molar-refractivity contribution < 1.29 is 10.2 Å². The van der Waals surface area contributed by atoms with Crippen LogP contribution in [0.1, 0.15) is 19.8 Å². The highest BCUT2D eigenvalue weighted by Gasteiger charge is 2.14. The molecular weight excluding hydrogens is 192 g/mol. The lowest BCUT2D eigenvalue weighted by atomic mass is 10.1. The van der Waals surface area contributed by atoms with Gasteiger partial charge in [0.1, 0.15) is 0 Å². The summed E-state index contributed by atoms with van der Waals surface area (Å²) >= 11 is 0. The molecule has 1 aliphatic heterocycles. The largest absolute Gasteiger partial charge is 0.394 e. The minimum absolute atomic E-state index is 0.159. The van der Waals surface area contributed by atoms with Crippen LogP contribution >= 0.6 is 0 Å². The number of nitrogens with zero attached hydrogens (tertiary/aromatic N) is 1. The van der Waals surface area contributed by atoms with Gasteiger partial charge in [0, 0.05) is 13.1 Å². The van der Waals surface area contributed by atoms with Crippen LogP contribution in [0.15, 0.2) is 0 Å². The molecule has 1 saturated heterocycles. The van der Waals surface area contributed by atoms with Gasteiger partial charge >= 0.3 is 0 Å². The van der Waals surface area contributed by atoms with E-state index in [2.05, 4.69) is 17.1 Å². The van der Waals surface area contributed by atoms with Crippen LogP contribution in [0.3, 0.4) is 0 Å². The second-order valence-electron chi connectivity index (χ2n) is 4.61. The minimum atomic E-state index is -0.621. The molecule has 0 saturated carbocycles. The van der Waals surface area contributed by atoms with Crippen molar-refractivity contribution in [3.8, 4) is 0 Å². The van der Waals surface area contributed by atoms with E-state index < -0.39 is 6.10 Å². The fraction of sp³-hybridized carbons (Fsp3) is 1.00. The van der Waals surface area contributed by atoms with Gasteiger partial charge in [0.2, 0.25) is 0 Å². The molecule has 0 aromatic rings. The topological polar surface area (TPSA) is 55.7 Å². The maximum absolute atomic E-state index is 9.13. The number of hydrogen-bond acceptors (Lipinski definition) is 4. The van der Waals surface area contributed by atoms with Crippen LogP contribution in [-0.2, 0) is 0 Å². The Kier molecular flexibility index (Phi) is 6.17. The molecule has 4 nitrogen and oxygen atoms in total. The summed E-state index contributed by atoms with van der Waals surface area (Å²) in [7, 11) is 0. The van der Waals surface area contributed by atoms with E-state index in [-0.39, 0.29) is 6.61 Å². The first kappa shape index (κ1) is 12.9. The Labute approximate surface area is 92.3 Å². The minimum Gasteiger partial charge on any atom is -0.394 e. The summed E-state index contributed by atoms with van der Waals surface area (Å²) in [6.07, 6.45) is 2.05. The van der Waals surface area contributed by atoms with Crippen LogP contribution in [-0.4, -0.2) is 60.5 Å². The highest BCUT2D eigenvalue weighted by Crippen LogP contribution is 2.09. The van der Waals surface area contributed by atoms with Crippen molar-refractivity contribution in [2.75, 3.05) is 39.3 Å². The van der Waals surface area contributed by atoms with Crippen LogP contribution in [0.4, 0.5) is 0 Å². The average Bonchev–Trinajstić information content (AvgIpc) is 2.70. The monoisotopic (exact) mass is 216 g/mol. The first-order valence-electron chi connectivity index (χ1n) is 5.94. The molecule has 0 aromatic carbocycles. The Morgan fingerprint density at radius 1 is 1.27 bits per heavy atom. The number of nitrogens with one attached hydrogen (secondary N) is 1. The lowest BCUT2D eigenvalue weighted by molar-refractivity contribution is 0.0933. The van der Waals surface area contributed by atoms with E-state index >= 15 is 0 Å². The summed E-state index contributed by atoms with van der Waals surface area (Å²) in [4.78, 5) is 2.49. The molecule has 1 heterocycles. The number of rotatable bonds is 7. The molecule has 0 amide bonds. The predicted molar refractivity (Wildman–Crippen MR) is 60.8 cm³/mol. The summed E-state index contributed by atoms with van der Waals surface area (Å²) in [6.45, 7) is 7.08. The van der Waals surface area contributed by atoms with E-state index in [1.807, 2.05) is 0 Å². The third-order valence-corrected chi connectivity index (χ3v) is 2.85. The first-order chi connectivity index (χ1) is 7.22. The standard InChI is InChI=1S/C11H24N2O2/c1-10(6-12-7-11(15)9-14)8-13-4-2-3-5-13/h10-12,14-15H,2-9H2,1H3. The molecule has 0 bridgehead atoms. The van der Waals surface area contributed by atoms with Crippen LogP contribution in [0.25, 0.3) is 0 Å². The molecule has 15 heavy (non-hydrogen) atoms. The maximum Gasteiger partial charge on any atom is 0.0894 e. The third kappa shape index (κ3) is 5.47. The van der Waals surface area contributed by atoms with E-state index in [1.54, 1.807) is 0 Å². The molecule has 2 atom stereocenters. The van der Waals surface area contributed by atoms with Gasteiger partial charge in [-0.15, -0.1) is 0 Å². The molecular formula is C11H24N2O2. The Bertz CT molecular complexity index is 161. The Hall–Kier alpha value is -0.160. The maximum atomic E-state index is 9.13. The van der Waals surface area contributed by atoms with E-state index in [1.165, 1.54) is 25.9 Å². The molecule has 0 aliphatic carbocycles. The van der Waals surface area contributed by atoms with E-state index in [0.717, 1.165) is 13.1 Å². The van der Waals surface area contributed by atoms with Gasteiger partial charge in [0.15, 0.2) is 0 Å². The van der Waals surface area contributed by atoms with Gasteiger partial charge in [0.25, 0.3) is 0 Å². The summed E-state index contributed by atoms with van der Waals surface area (Å²) in [5.74, 6) is 0.606. The molecule has 1 rings (SSSR count). The number of aliphatic hydroxyl groups excluding tert-OH is 2. The van der Waals surface area contributed by atoms with Gasteiger partial charge in [-0.25, -0.2) is 0 Å². The van der Waals surface area contributed by atoms with Gasteiger partial charge in [-0.2, -0.15) is 0 Å². The molecule has 2 unspecified atom stereocenters. The van der Waals surface area contributed by atoms with Crippen molar-refractivity contribution in [3.05, 3.63) is 0 Å². The Balaban J connectivity index is 2.00.